The molecule has 0 aromatic carbocycles. The molecule has 1 fully saturated rings. The van der Waals surface area contributed by atoms with Crippen LogP contribution in [0.1, 0.15) is 39.0 Å². The first kappa shape index (κ1) is 15.8. The topological polar surface area (TPSA) is 63.0 Å². The van der Waals surface area contributed by atoms with E-state index in [1.165, 1.54) is 12.8 Å². The van der Waals surface area contributed by atoms with E-state index in [1.54, 1.807) is 18.1 Å². The second kappa shape index (κ2) is 7.43. The third kappa shape index (κ3) is 3.54. The second-order valence-corrected chi connectivity index (χ2v) is 6.75. The van der Waals surface area contributed by atoms with E-state index in [4.69, 9.17) is 0 Å². The number of nitrogens with one attached hydrogen (secondary N) is 1. The molecule has 0 saturated heterocycles. The van der Waals surface area contributed by atoms with Crippen molar-refractivity contribution in [3.63, 3.8) is 0 Å². The molecular weight excluding hydrogens is 272 g/mol. The van der Waals surface area contributed by atoms with Crippen LogP contribution in [0.5, 0.6) is 0 Å². The fraction of sp³-hybridized carbons (Fsp3) is 0.857. The van der Waals surface area contributed by atoms with Gasteiger partial charge in [-0.05, 0) is 38.1 Å². The molecule has 2 atom stereocenters. The highest BCUT2D eigenvalue weighted by Crippen LogP contribution is 2.38. The highest BCUT2D eigenvalue weighted by atomic mass is 32.2. The van der Waals surface area contributed by atoms with E-state index in [0.717, 1.165) is 36.7 Å². The third-order valence-electron chi connectivity index (χ3n) is 4.33. The number of aromatic nitrogens is 3. The monoisotopic (exact) mass is 298 g/mol. The van der Waals surface area contributed by atoms with Crippen LogP contribution in [0.15, 0.2) is 11.5 Å². The standard InChI is InChI=1S/C14H26N4OS/c1-3-8-15-14(10-19)7-4-5-12(14)6-9-20-13-17-16-11-18(13)2/h11-12,15,19H,3-10H2,1-2H3. The molecule has 5 nitrogen and oxygen atoms in total. The average molecular weight is 298 g/mol. The van der Waals surface area contributed by atoms with E-state index in [1.807, 2.05) is 11.6 Å². The maximum atomic E-state index is 9.85. The Morgan fingerprint density at radius 1 is 1.60 bits per heavy atom. The molecule has 1 saturated carbocycles. The minimum Gasteiger partial charge on any atom is -0.394 e. The summed E-state index contributed by atoms with van der Waals surface area (Å²) in [5.41, 5.74) is -0.0452. The fourth-order valence-electron chi connectivity index (χ4n) is 3.13. The zero-order valence-electron chi connectivity index (χ0n) is 12.5. The lowest BCUT2D eigenvalue weighted by Gasteiger charge is -2.35. The van der Waals surface area contributed by atoms with Gasteiger partial charge < -0.3 is 15.0 Å². The molecule has 0 radical (unpaired) electrons. The van der Waals surface area contributed by atoms with Crippen LogP contribution in [-0.4, -0.2) is 44.3 Å². The molecule has 20 heavy (non-hydrogen) atoms. The number of aryl methyl sites for hydroxylation is 1. The van der Waals surface area contributed by atoms with Gasteiger partial charge >= 0.3 is 0 Å². The quantitative estimate of drug-likeness (QED) is 0.717. The van der Waals surface area contributed by atoms with Gasteiger partial charge in [-0.2, -0.15) is 0 Å². The van der Waals surface area contributed by atoms with Crippen molar-refractivity contribution in [2.45, 2.75) is 49.7 Å². The van der Waals surface area contributed by atoms with Crippen molar-refractivity contribution in [3.05, 3.63) is 6.33 Å². The van der Waals surface area contributed by atoms with Crippen LogP contribution in [0.25, 0.3) is 0 Å². The van der Waals surface area contributed by atoms with E-state index in [9.17, 15) is 5.11 Å². The van der Waals surface area contributed by atoms with Crippen LogP contribution in [0, 0.1) is 5.92 Å². The molecule has 114 valence electrons. The molecule has 1 aliphatic rings. The van der Waals surface area contributed by atoms with E-state index in [2.05, 4.69) is 22.4 Å². The molecule has 1 heterocycles. The number of aliphatic hydroxyl groups is 1. The van der Waals surface area contributed by atoms with Gasteiger partial charge in [-0.25, -0.2) is 0 Å². The Kier molecular flexibility index (Phi) is 5.86. The van der Waals surface area contributed by atoms with Gasteiger partial charge in [0, 0.05) is 18.3 Å². The molecule has 0 spiro atoms. The van der Waals surface area contributed by atoms with E-state index < -0.39 is 0 Å². The number of hydrogen-bond donors (Lipinski definition) is 2. The van der Waals surface area contributed by atoms with E-state index >= 15 is 0 Å². The second-order valence-electron chi connectivity index (χ2n) is 5.69. The molecule has 1 aliphatic carbocycles. The SMILES string of the molecule is CCCNC1(CO)CCCC1CCSc1nncn1C. The summed E-state index contributed by atoms with van der Waals surface area (Å²) in [6.45, 7) is 3.42. The number of thioether (sulfide) groups is 1. The van der Waals surface area contributed by atoms with Gasteiger partial charge in [0.2, 0.25) is 0 Å². The Morgan fingerprint density at radius 3 is 3.10 bits per heavy atom. The van der Waals surface area contributed by atoms with Crippen molar-refractivity contribution in [2.75, 3.05) is 18.9 Å². The van der Waals surface area contributed by atoms with Crippen LogP contribution in [0.2, 0.25) is 0 Å². The molecule has 0 amide bonds. The number of aliphatic hydroxyl groups excluding tert-OH is 1. The van der Waals surface area contributed by atoms with E-state index in [-0.39, 0.29) is 12.1 Å². The Labute approximate surface area is 125 Å². The molecule has 2 unspecified atom stereocenters. The van der Waals surface area contributed by atoms with Gasteiger partial charge in [0.05, 0.1) is 6.61 Å². The summed E-state index contributed by atoms with van der Waals surface area (Å²) in [6.07, 6.45) is 7.51. The molecule has 0 aliphatic heterocycles. The van der Waals surface area contributed by atoms with Crippen molar-refractivity contribution in [1.82, 2.24) is 20.1 Å². The van der Waals surface area contributed by atoms with Crippen LogP contribution < -0.4 is 5.32 Å². The summed E-state index contributed by atoms with van der Waals surface area (Å²) in [7, 11) is 1.97. The number of hydrogen-bond acceptors (Lipinski definition) is 5. The smallest absolute Gasteiger partial charge is 0.190 e. The highest BCUT2D eigenvalue weighted by Gasteiger charge is 2.41. The maximum absolute atomic E-state index is 9.85. The average Bonchev–Trinajstić information content (AvgIpc) is 3.04. The molecule has 0 bridgehead atoms. The van der Waals surface area contributed by atoms with Gasteiger partial charge in [-0.1, -0.05) is 25.1 Å². The van der Waals surface area contributed by atoms with Crippen molar-refractivity contribution in [1.29, 1.82) is 0 Å². The Bertz CT molecular complexity index is 412. The van der Waals surface area contributed by atoms with Crippen molar-refractivity contribution in [2.24, 2.45) is 13.0 Å². The predicted octanol–water partition coefficient (Wildman–Crippen LogP) is 1.83. The first-order chi connectivity index (χ1) is 9.72. The maximum Gasteiger partial charge on any atom is 0.190 e. The lowest BCUT2D eigenvalue weighted by Crippen LogP contribution is -2.51. The Morgan fingerprint density at radius 2 is 2.45 bits per heavy atom. The normalized spacial score (nSPS) is 26.2. The summed E-state index contributed by atoms with van der Waals surface area (Å²) >= 11 is 1.76. The van der Waals surface area contributed by atoms with Gasteiger partial charge in [0.15, 0.2) is 5.16 Å². The molecular formula is C14H26N4OS. The van der Waals surface area contributed by atoms with Crippen molar-refractivity contribution >= 4 is 11.8 Å². The first-order valence-corrected chi connectivity index (χ1v) is 8.53. The lowest BCUT2D eigenvalue weighted by molar-refractivity contribution is 0.122. The Hall–Kier alpha value is -0.590. The highest BCUT2D eigenvalue weighted by molar-refractivity contribution is 7.99. The lowest BCUT2D eigenvalue weighted by atomic mass is 9.85. The van der Waals surface area contributed by atoms with Gasteiger partial charge in [-0.15, -0.1) is 10.2 Å². The van der Waals surface area contributed by atoms with Crippen LogP contribution in [-0.2, 0) is 7.05 Å². The molecule has 2 N–H and O–H groups in total. The predicted molar refractivity (Wildman–Crippen MR) is 81.8 cm³/mol. The van der Waals surface area contributed by atoms with Gasteiger partial charge in [-0.3, -0.25) is 0 Å². The zero-order chi connectivity index (χ0) is 14.4. The largest absolute Gasteiger partial charge is 0.394 e. The van der Waals surface area contributed by atoms with Crippen molar-refractivity contribution < 1.29 is 5.11 Å². The summed E-state index contributed by atoms with van der Waals surface area (Å²) in [4.78, 5) is 0. The minimum atomic E-state index is -0.0452. The van der Waals surface area contributed by atoms with Gasteiger partial charge in [0.1, 0.15) is 6.33 Å². The van der Waals surface area contributed by atoms with Crippen molar-refractivity contribution in [3.8, 4) is 0 Å². The molecule has 6 heteroatoms. The van der Waals surface area contributed by atoms with Crippen LogP contribution in [0.3, 0.4) is 0 Å². The van der Waals surface area contributed by atoms with Crippen LogP contribution in [0.4, 0.5) is 0 Å². The molecule has 1 aromatic rings. The summed E-state index contributed by atoms with van der Waals surface area (Å²) < 4.78 is 1.95. The minimum absolute atomic E-state index is 0.0452. The fourth-order valence-corrected chi connectivity index (χ4v) is 4.07. The summed E-state index contributed by atoms with van der Waals surface area (Å²) in [5.74, 6) is 1.60. The molecule has 1 aromatic heterocycles. The third-order valence-corrected chi connectivity index (χ3v) is 5.40. The van der Waals surface area contributed by atoms with E-state index in [0.29, 0.717) is 5.92 Å². The molecule has 2 rings (SSSR count). The summed E-state index contributed by atoms with van der Waals surface area (Å²) in [5, 5.41) is 22.4. The summed E-state index contributed by atoms with van der Waals surface area (Å²) in [6, 6.07) is 0. The zero-order valence-corrected chi connectivity index (χ0v) is 13.3. The number of rotatable bonds is 8. The first-order valence-electron chi connectivity index (χ1n) is 7.54. The Balaban J connectivity index is 1.85. The van der Waals surface area contributed by atoms with Crippen LogP contribution >= 0.6 is 11.8 Å². The van der Waals surface area contributed by atoms with Gasteiger partial charge in [0.25, 0.3) is 0 Å². The number of nitrogens with zero attached hydrogens (tertiary/aromatic N) is 3.